The highest BCUT2D eigenvalue weighted by Gasteiger charge is 2.40. The molecule has 0 saturated heterocycles. The number of benzene rings is 2. The molecule has 0 aliphatic carbocycles. The third-order valence-electron chi connectivity index (χ3n) is 4.16. The lowest BCUT2D eigenvalue weighted by atomic mass is 10.1. The molecular weight excluding hydrogens is 407 g/mol. The molecule has 0 radical (unpaired) electrons. The van der Waals surface area contributed by atoms with Crippen molar-refractivity contribution in [2.75, 3.05) is 26.0 Å². The smallest absolute Gasteiger partial charge is 0.325 e. The van der Waals surface area contributed by atoms with E-state index in [1.807, 2.05) is 0 Å². The number of halogens is 3. The second-order valence-electron chi connectivity index (χ2n) is 6.58. The van der Waals surface area contributed by atoms with E-state index in [2.05, 4.69) is 10.6 Å². The van der Waals surface area contributed by atoms with E-state index < -0.39 is 34.7 Å². The molecule has 29 heavy (non-hydrogen) atoms. The average molecular weight is 429 g/mol. The predicted molar refractivity (Wildman–Crippen MR) is 104 cm³/mol. The zero-order valence-corrected chi connectivity index (χ0v) is 16.9. The van der Waals surface area contributed by atoms with E-state index in [0.717, 1.165) is 4.31 Å². The second-order valence-corrected chi connectivity index (χ2v) is 8.70. The SMILES string of the molecule is Cc1ccc(NC(=O)CNC(c2ccccc2)C(F)(F)F)cc1S(=O)(=O)N(C)C. The lowest BCUT2D eigenvalue weighted by Gasteiger charge is -2.22. The van der Waals surface area contributed by atoms with Gasteiger partial charge in [-0.3, -0.25) is 10.1 Å². The third kappa shape index (κ3) is 5.78. The Balaban J connectivity index is 2.13. The molecule has 0 aliphatic heterocycles. The van der Waals surface area contributed by atoms with Crippen molar-refractivity contribution in [2.24, 2.45) is 0 Å². The van der Waals surface area contributed by atoms with Gasteiger partial charge in [-0.15, -0.1) is 0 Å². The Hall–Kier alpha value is -2.43. The number of anilines is 1. The molecule has 2 N–H and O–H groups in total. The second kappa shape index (κ2) is 8.93. The van der Waals surface area contributed by atoms with Crippen LogP contribution in [0.2, 0.25) is 0 Å². The molecule has 0 fully saturated rings. The van der Waals surface area contributed by atoms with Crippen LogP contribution in [0.25, 0.3) is 0 Å². The number of sulfonamides is 1. The number of nitrogens with zero attached hydrogens (tertiary/aromatic N) is 1. The average Bonchev–Trinajstić information content (AvgIpc) is 2.63. The molecule has 6 nitrogen and oxygen atoms in total. The van der Waals surface area contributed by atoms with Gasteiger partial charge in [0.15, 0.2) is 0 Å². The fraction of sp³-hybridized carbons (Fsp3) is 0.316. The van der Waals surface area contributed by atoms with Crippen LogP contribution in [0.1, 0.15) is 17.2 Å². The molecule has 0 spiro atoms. The summed E-state index contributed by atoms with van der Waals surface area (Å²) < 4.78 is 65.7. The number of alkyl halides is 3. The molecule has 0 heterocycles. The Morgan fingerprint density at radius 3 is 2.28 bits per heavy atom. The molecule has 2 aromatic rings. The van der Waals surface area contributed by atoms with Crippen molar-refractivity contribution in [1.29, 1.82) is 0 Å². The Kier molecular flexibility index (Phi) is 7.04. The van der Waals surface area contributed by atoms with Gasteiger partial charge in [-0.25, -0.2) is 12.7 Å². The summed E-state index contributed by atoms with van der Waals surface area (Å²) in [6, 6.07) is 9.48. The Bertz CT molecular complexity index is 962. The molecule has 0 saturated carbocycles. The number of amides is 1. The van der Waals surface area contributed by atoms with E-state index in [9.17, 15) is 26.4 Å². The summed E-state index contributed by atoms with van der Waals surface area (Å²) in [6.07, 6.45) is -4.58. The maximum atomic E-state index is 13.3. The normalized spacial score (nSPS) is 13.3. The first-order chi connectivity index (χ1) is 13.4. The summed E-state index contributed by atoms with van der Waals surface area (Å²) in [6.45, 7) is 1.00. The van der Waals surface area contributed by atoms with Gasteiger partial charge in [0.05, 0.1) is 11.4 Å². The molecule has 1 atom stereocenters. The minimum absolute atomic E-state index is 0.00529. The first kappa shape index (κ1) is 22.9. The Morgan fingerprint density at radius 2 is 1.72 bits per heavy atom. The number of nitrogens with one attached hydrogen (secondary N) is 2. The van der Waals surface area contributed by atoms with Crippen molar-refractivity contribution in [3.8, 4) is 0 Å². The first-order valence-electron chi connectivity index (χ1n) is 8.61. The first-order valence-corrected chi connectivity index (χ1v) is 10.0. The van der Waals surface area contributed by atoms with Gasteiger partial charge < -0.3 is 5.32 Å². The largest absolute Gasteiger partial charge is 0.407 e. The standard InChI is InChI=1S/C19H22F3N3O3S/c1-13-9-10-15(11-16(13)29(27,28)25(2)3)24-17(26)12-23-18(19(20,21)22)14-7-5-4-6-8-14/h4-11,18,23H,12H2,1-3H3,(H,24,26). The zero-order valence-electron chi connectivity index (χ0n) is 16.1. The van der Waals surface area contributed by atoms with Crippen LogP contribution >= 0.6 is 0 Å². The number of carbonyl (C=O) groups is 1. The van der Waals surface area contributed by atoms with Gasteiger partial charge in [0.25, 0.3) is 0 Å². The van der Waals surface area contributed by atoms with Crippen LogP contribution in [-0.4, -0.2) is 45.4 Å². The van der Waals surface area contributed by atoms with E-state index in [1.165, 1.54) is 56.6 Å². The van der Waals surface area contributed by atoms with Gasteiger partial charge in [0.2, 0.25) is 15.9 Å². The topological polar surface area (TPSA) is 78.5 Å². The van der Waals surface area contributed by atoms with Crippen molar-refractivity contribution in [3.63, 3.8) is 0 Å². The molecule has 1 amide bonds. The van der Waals surface area contributed by atoms with E-state index in [-0.39, 0.29) is 16.1 Å². The molecule has 2 rings (SSSR count). The highest BCUT2D eigenvalue weighted by molar-refractivity contribution is 7.89. The fourth-order valence-corrected chi connectivity index (χ4v) is 3.76. The minimum atomic E-state index is -4.58. The maximum Gasteiger partial charge on any atom is 0.407 e. The summed E-state index contributed by atoms with van der Waals surface area (Å²) in [5.74, 6) is -0.729. The van der Waals surface area contributed by atoms with Crippen molar-refractivity contribution in [3.05, 3.63) is 59.7 Å². The van der Waals surface area contributed by atoms with Gasteiger partial charge in [0, 0.05) is 19.8 Å². The number of hydrogen-bond donors (Lipinski definition) is 2. The van der Waals surface area contributed by atoms with Crippen LogP contribution in [0.4, 0.5) is 18.9 Å². The van der Waals surface area contributed by atoms with E-state index in [1.54, 1.807) is 13.0 Å². The van der Waals surface area contributed by atoms with E-state index in [4.69, 9.17) is 0 Å². The van der Waals surface area contributed by atoms with Crippen LogP contribution < -0.4 is 10.6 Å². The summed E-state index contributed by atoms with van der Waals surface area (Å²) in [5, 5.41) is 4.63. The van der Waals surface area contributed by atoms with Gasteiger partial charge in [0.1, 0.15) is 6.04 Å². The third-order valence-corrected chi connectivity index (χ3v) is 6.11. The highest BCUT2D eigenvalue weighted by atomic mass is 32.2. The molecule has 0 aromatic heterocycles. The van der Waals surface area contributed by atoms with Crippen molar-refractivity contribution in [2.45, 2.75) is 24.0 Å². The predicted octanol–water partition coefficient (Wildman–Crippen LogP) is 3.08. The number of hydrogen-bond acceptors (Lipinski definition) is 4. The van der Waals surface area contributed by atoms with Gasteiger partial charge in [-0.05, 0) is 30.2 Å². The lowest BCUT2D eigenvalue weighted by Crippen LogP contribution is -2.38. The number of carbonyl (C=O) groups excluding carboxylic acids is 1. The summed E-state index contributed by atoms with van der Waals surface area (Å²) in [5.41, 5.74) is 0.643. The molecule has 1 unspecified atom stereocenters. The van der Waals surface area contributed by atoms with E-state index >= 15 is 0 Å². The zero-order chi connectivity index (χ0) is 21.8. The van der Waals surface area contributed by atoms with Crippen LogP contribution in [-0.2, 0) is 14.8 Å². The highest BCUT2D eigenvalue weighted by Crippen LogP contribution is 2.32. The van der Waals surface area contributed by atoms with Crippen LogP contribution in [0.5, 0.6) is 0 Å². The minimum Gasteiger partial charge on any atom is -0.325 e. The van der Waals surface area contributed by atoms with E-state index in [0.29, 0.717) is 5.56 Å². The lowest BCUT2D eigenvalue weighted by molar-refractivity contribution is -0.158. The monoisotopic (exact) mass is 429 g/mol. The molecule has 158 valence electrons. The quantitative estimate of drug-likeness (QED) is 0.709. The fourth-order valence-electron chi connectivity index (χ4n) is 2.62. The van der Waals surface area contributed by atoms with Crippen molar-refractivity contribution >= 4 is 21.6 Å². The van der Waals surface area contributed by atoms with Gasteiger partial charge >= 0.3 is 6.18 Å². The Morgan fingerprint density at radius 1 is 1.10 bits per heavy atom. The Labute approximate surface area is 167 Å². The molecule has 10 heteroatoms. The van der Waals surface area contributed by atoms with Crippen molar-refractivity contribution < 1.29 is 26.4 Å². The van der Waals surface area contributed by atoms with Gasteiger partial charge in [-0.1, -0.05) is 36.4 Å². The summed E-state index contributed by atoms with van der Waals surface area (Å²) in [7, 11) is -0.970. The maximum absolute atomic E-state index is 13.3. The molecular formula is C19H22F3N3O3S. The van der Waals surface area contributed by atoms with Crippen LogP contribution in [0.15, 0.2) is 53.4 Å². The summed E-state index contributed by atoms with van der Waals surface area (Å²) in [4.78, 5) is 12.2. The van der Waals surface area contributed by atoms with Gasteiger partial charge in [-0.2, -0.15) is 13.2 Å². The van der Waals surface area contributed by atoms with Crippen molar-refractivity contribution in [1.82, 2.24) is 9.62 Å². The molecule has 0 aliphatic rings. The number of rotatable bonds is 7. The van der Waals surface area contributed by atoms with Crippen LogP contribution in [0.3, 0.4) is 0 Å². The number of aryl methyl sites for hydroxylation is 1. The molecule has 2 aromatic carbocycles. The molecule has 0 bridgehead atoms. The van der Waals surface area contributed by atoms with Crippen LogP contribution in [0, 0.1) is 6.92 Å². The summed E-state index contributed by atoms with van der Waals surface area (Å²) >= 11 is 0.